The van der Waals surface area contributed by atoms with Gasteiger partial charge in [0, 0.05) is 19.0 Å². The zero-order valence-electron chi connectivity index (χ0n) is 14.3. The molecule has 0 saturated heterocycles. The zero-order chi connectivity index (χ0) is 16.4. The molecular formula is C17H29ClN2O3. The Kier molecular flexibility index (Phi) is 11.3. The van der Waals surface area contributed by atoms with Crippen LogP contribution in [0.25, 0.3) is 0 Å². The fraction of sp³-hybridized carbons (Fsp3) is 0.588. The Morgan fingerprint density at radius 3 is 2.48 bits per heavy atom. The highest BCUT2D eigenvalue weighted by molar-refractivity contribution is 5.85. The quantitative estimate of drug-likeness (QED) is 0.684. The van der Waals surface area contributed by atoms with E-state index in [1.165, 1.54) is 0 Å². The topological polar surface area (TPSA) is 73.6 Å². The number of nitrogens with two attached hydrogens (primary N) is 1. The lowest BCUT2D eigenvalue weighted by molar-refractivity contribution is -0.121. The molecule has 1 rings (SSSR count). The second-order valence-electron chi connectivity index (χ2n) is 5.26. The first-order chi connectivity index (χ1) is 10.6. The van der Waals surface area contributed by atoms with E-state index in [-0.39, 0.29) is 24.4 Å². The molecule has 0 bridgehead atoms. The minimum atomic E-state index is 0. The highest BCUT2D eigenvalue weighted by Gasteiger charge is 2.07. The van der Waals surface area contributed by atoms with Crippen LogP contribution in [0.15, 0.2) is 18.2 Å². The molecule has 0 aliphatic heterocycles. The van der Waals surface area contributed by atoms with Gasteiger partial charge in [0.15, 0.2) is 11.5 Å². The first kappa shape index (κ1) is 21.5. The van der Waals surface area contributed by atoms with Crippen LogP contribution < -0.4 is 20.5 Å². The molecule has 1 atom stereocenters. The minimum absolute atomic E-state index is 0. The maximum atomic E-state index is 11.6. The number of rotatable bonds is 10. The Hall–Kier alpha value is -1.46. The van der Waals surface area contributed by atoms with Crippen LogP contribution >= 0.6 is 12.4 Å². The average Bonchev–Trinajstić information content (AvgIpc) is 2.48. The Morgan fingerprint density at radius 2 is 1.87 bits per heavy atom. The molecule has 0 heterocycles. The van der Waals surface area contributed by atoms with Crippen LogP contribution in [0.4, 0.5) is 0 Å². The van der Waals surface area contributed by atoms with Gasteiger partial charge in [-0.2, -0.15) is 0 Å². The summed E-state index contributed by atoms with van der Waals surface area (Å²) < 4.78 is 11.1. The van der Waals surface area contributed by atoms with Crippen LogP contribution in [-0.4, -0.2) is 31.7 Å². The lowest BCUT2D eigenvalue weighted by Crippen LogP contribution is -2.27. The molecule has 132 valence electrons. The molecule has 1 aromatic carbocycles. The van der Waals surface area contributed by atoms with Crippen molar-refractivity contribution in [2.75, 3.05) is 19.8 Å². The molecule has 0 fully saturated rings. The summed E-state index contributed by atoms with van der Waals surface area (Å²) in [6.45, 7) is 7.61. The number of hydrogen-bond acceptors (Lipinski definition) is 4. The number of hydrogen-bond donors (Lipinski definition) is 2. The van der Waals surface area contributed by atoms with Gasteiger partial charge >= 0.3 is 0 Å². The summed E-state index contributed by atoms with van der Waals surface area (Å²) in [5.41, 5.74) is 6.75. The van der Waals surface area contributed by atoms with E-state index in [4.69, 9.17) is 15.2 Å². The van der Waals surface area contributed by atoms with Gasteiger partial charge in [-0.05, 0) is 51.3 Å². The van der Waals surface area contributed by atoms with Gasteiger partial charge in [-0.15, -0.1) is 12.4 Å². The third-order valence-corrected chi connectivity index (χ3v) is 3.17. The lowest BCUT2D eigenvalue weighted by atomic mass is 10.1. The third kappa shape index (κ3) is 8.67. The van der Waals surface area contributed by atoms with Crippen molar-refractivity contribution in [3.05, 3.63) is 23.8 Å². The number of amides is 1. The number of benzene rings is 1. The maximum absolute atomic E-state index is 11.6. The molecule has 0 aromatic heterocycles. The minimum Gasteiger partial charge on any atom is -0.490 e. The second kappa shape index (κ2) is 12.0. The predicted octanol–water partition coefficient (Wildman–Crippen LogP) is 2.69. The van der Waals surface area contributed by atoms with Crippen molar-refractivity contribution in [3.63, 3.8) is 0 Å². The fourth-order valence-electron chi connectivity index (χ4n) is 2.04. The maximum Gasteiger partial charge on any atom is 0.220 e. The third-order valence-electron chi connectivity index (χ3n) is 3.17. The van der Waals surface area contributed by atoms with Gasteiger partial charge in [-0.3, -0.25) is 4.79 Å². The van der Waals surface area contributed by atoms with Crippen molar-refractivity contribution in [1.29, 1.82) is 0 Å². The van der Waals surface area contributed by atoms with E-state index in [2.05, 4.69) is 5.32 Å². The molecule has 1 unspecified atom stereocenters. The van der Waals surface area contributed by atoms with Gasteiger partial charge in [0.1, 0.15) is 0 Å². The molecule has 1 amide bonds. The normalized spacial score (nSPS) is 11.3. The fourth-order valence-corrected chi connectivity index (χ4v) is 2.04. The zero-order valence-corrected chi connectivity index (χ0v) is 15.1. The first-order valence-corrected chi connectivity index (χ1v) is 7.97. The van der Waals surface area contributed by atoms with Gasteiger partial charge in [-0.25, -0.2) is 0 Å². The number of nitrogens with one attached hydrogen (secondary N) is 1. The molecule has 1 aromatic rings. The lowest BCUT2D eigenvalue weighted by Gasteiger charge is -2.12. The number of carbonyl (C=O) groups excluding carboxylic acids is 1. The Balaban J connectivity index is 0.00000484. The van der Waals surface area contributed by atoms with Crippen molar-refractivity contribution in [3.8, 4) is 11.5 Å². The van der Waals surface area contributed by atoms with E-state index in [0.29, 0.717) is 32.6 Å². The van der Waals surface area contributed by atoms with Gasteiger partial charge in [0.2, 0.25) is 5.91 Å². The standard InChI is InChI=1S/C17H28N2O3.ClH/c1-4-21-15-8-7-14(12-16(15)22-5-2)10-11-19-17(20)9-6-13(3)18;/h7-8,12-13H,4-6,9-11,18H2,1-3H3,(H,19,20);1H. The van der Waals surface area contributed by atoms with E-state index in [1.807, 2.05) is 39.0 Å². The van der Waals surface area contributed by atoms with Gasteiger partial charge in [0.25, 0.3) is 0 Å². The molecule has 6 heteroatoms. The van der Waals surface area contributed by atoms with Crippen LogP contribution in [0.5, 0.6) is 11.5 Å². The number of ether oxygens (including phenoxy) is 2. The van der Waals surface area contributed by atoms with E-state index >= 15 is 0 Å². The molecule has 5 nitrogen and oxygen atoms in total. The largest absolute Gasteiger partial charge is 0.490 e. The second-order valence-corrected chi connectivity index (χ2v) is 5.26. The van der Waals surface area contributed by atoms with Crippen LogP contribution in [0.3, 0.4) is 0 Å². The summed E-state index contributed by atoms with van der Waals surface area (Å²) in [6, 6.07) is 5.96. The average molecular weight is 345 g/mol. The summed E-state index contributed by atoms with van der Waals surface area (Å²) in [6.07, 6.45) is 1.95. The van der Waals surface area contributed by atoms with Crippen molar-refractivity contribution >= 4 is 18.3 Å². The van der Waals surface area contributed by atoms with E-state index in [1.54, 1.807) is 0 Å². The summed E-state index contributed by atoms with van der Waals surface area (Å²) in [7, 11) is 0. The van der Waals surface area contributed by atoms with Crippen LogP contribution in [-0.2, 0) is 11.2 Å². The number of halogens is 1. The SMILES string of the molecule is CCOc1ccc(CCNC(=O)CCC(C)N)cc1OCC.Cl. The molecule has 0 saturated carbocycles. The van der Waals surface area contributed by atoms with E-state index in [9.17, 15) is 4.79 Å². The van der Waals surface area contributed by atoms with Crippen molar-refractivity contribution < 1.29 is 14.3 Å². The van der Waals surface area contributed by atoms with Crippen molar-refractivity contribution in [2.24, 2.45) is 5.73 Å². The molecule has 0 spiro atoms. The molecule has 0 aliphatic rings. The monoisotopic (exact) mass is 344 g/mol. The Morgan fingerprint density at radius 1 is 1.22 bits per heavy atom. The first-order valence-electron chi connectivity index (χ1n) is 7.97. The van der Waals surface area contributed by atoms with Crippen molar-refractivity contribution in [1.82, 2.24) is 5.32 Å². The molecule has 0 radical (unpaired) electrons. The van der Waals surface area contributed by atoms with Crippen LogP contribution in [0.1, 0.15) is 39.2 Å². The molecule has 23 heavy (non-hydrogen) atoms. The smallest absolute Gasteiger partial charge is 0.220 e. The van der Waals surface area contributed by atoms with Gasteiger partial charge < -0.3 is 20.5 Å². The highest BCUT2D eigenvalue weighted by Crippen LogP contribution is 2.28. The predicted molar refractivity (Wildman–Crippen MR) is 95.6 cm³/mol. The molecule has 3 N–H and O–H groups in total. The number of carbonyl (C=O) groups is 1. The van der Waals surface area contributed by atoms with E-state index in [0.717, 1.165) is 23.5 Å². The highest BCUT2D eigenvalue weighted by atomic mass is 35.5. The summed E-state index contributed by atoms with van der Waals surface area (Å²) in [5.74, 6) is 1.56. The summed E-state index contributed by atoms with van der Waals surface area (Å²) in [4.78, 5) is 11.6. The van der Waals surface area contributed by atoms with Crippen LogP contribution in [0, 0.1) is 0 Å². The summed E-state index contributed by atoms with van der Waals surface area (Å²) >= 11 is 0. The van der Waals surface area contributed by atoms with Gasteiger partial charge in [0.05, 0.1) is 13.2 Å². The molecule has 0 aliphatic carbocycles. The molecular weight excluding hydrogens is 316 g/mol. The summed E-state index contributed by atoms with van der Waals surface area (Å²) in [5, 5.41) is 2.91. The Bertz CT molecular complexity index is 467. The van der Waals surface area contributed by atoms with Crippen molar-refractivity contribution in [2.45, 2.75) is 46.1 Å². The van der Waals surface area contributed by atoms with E-state index < -0.39 is 0 Å². The Labute approximate surface area is 145 Å². The van der Waals surface area contributed by atoms with Crippen LogP contribution in [0.2, 0.25) is 0 Å². The van der Waals surface area contributed by atoms with Gasteiger partial charge in [-0.1, -0.05) is 6.07 Å².